The lowest BCUT2D eigenvalue weighted by Gasteiger charge is -2.43. The molecule has 3 atom stereocenters. The van der Waals surface area contributed by atoms with Crippen molar-refractivity contribution < 1.29 is 9.47 Å². The van der Waals surface area contributed by atoms with Gasteiger partial charge < -0.3 is 14.8 Å². The summed E-state index contributed by atoms with van der Waals surface area (Å²) in [5.74, 6) is 0.832. The standard InChI is InChI=1S/C14H25N3O2/c1-5-15-12-7-13(14(12)18-6-2)19-11-8-16-17(9-11)10(3)4/h8-10,12-15H,5-7H2,1-4H3. The van der Waals surface area contributed by atoms with Gasteiger partial charge in [0.15, 0.2) is 5.75 Å². The van der Waals surface area contributed by atoms with Crippen LogP contribution in [-0.2, 0) is 4.74 Å². The normalized spacial score (nSPS) is 26.5. The van der Waals surface area contributed by atoms with E-state index in [4.69, 9.17) is 9.47 Å². The molecule has 1 saturated carbocycles. The summed E-state index contributed by atoms with van der Waals surface area (Å²) in [4.78, 5) is 0. The lowest BCUT2D eigenvalue weighted by atomic mass is 9.85. The van der Waals surface area contributed by atoms with E-state index < -0.39 is 0 Å². The van der Waals surface area contributed by atoms with E-state index in [9.17, 15) is 0 Å². The molecule has 19 heavy (non-hydrogen) atoms. The fourth-order valence-corrected chi connectivity index (χ4v) is 2.41. The Hall–Kier alpha value is -1.07. The zero-order valence-corrected chi connectivity index (χ0v) is 12.3. The minimum atomic E-state index is 0.133. The topological polar surface area (TPSA) is 48.3 Å². The highest BCUT2D eigenvalue weighted by atomic mass is 16.5. The number of nitrogens with one attached hydrogen (secondary N) is 1. The van der Waals surface area contributed by atoms with Gasteiger partial charge in [0.1, 0.15) is 12.2 Å². The summed E-state index contributed by atoms with van der Waals surface area (Å²) in [6.07, 6.45) is 5.00. The van der Waals surface area contributed by atoms with Crippen molar-refractivity contribution in [3.63, 3.8) is 0 Å². The van der Waals surface area contributed by atoms with Crippen molar-refractivity contribution in [2.75, 3.05) is 13.2 Å². The molecule has 1 fully saturated rings. The zero-order chi connectivity index (χ0) is 13.8. The summed E-state index contributed by atoms with van der Waals surface area (Å²) >= 11 is 0. The quantitative estimate of drug-likeness (QED) is 0.821. The van der Waals surface area contributed by atoms with Crippen LogP contribution in [0.1, 0.15) is 40.2 Å². The van der Waals surface area contributed by atoms with Crippen molar-refractivity contribution in [1.82, 2.24) is 15.1 Å². The van der Waals surface area contributed by atoms with Crippen LogP contribution in [-0.4, -0.2) is 41.2 Å². The number of rotatable bonds is 7. The number of likely N-dealkylation sites (N-methyl/N-ethyl adjacent to an activating group) is 1. The highest BCUT2D eigenvalue weighted by Crippen LogP contribution is 2.29. The molecule has 2 rings (SSSR count). The molecular weight excluding hydrogens is 242 g/mol. The molecule has 0 aliphatic heterocycles. The van der Waals surface area contributed by atoms with Crippen molar-refractivity contribution in [2.45, 2.75) is 58.4 Å². The Morgan fingerprint density at radius 2 is 2.26 bits per heavy atom. The van der Waals surface area contributed by atoms with Gasteiger partial charge in [-0.05, 0) is 27.3 Å². The molecule has 1 aliphatic rings. The van der Waals surface area contributed by atoms with Crippen LogP contribution < -0.4 is 10.1 Å². The molecule has 3 unspecified atom stereocenters. The SMILES string of the molecule is CCNC1CC(Oc2cnn(C(C)C)c2)C1OCC. The highest BCUT2D eigenvalue weighted by Gasteiger charge is 2.43. The van der Waals surface area contributed by atoms with Crippen LogP contribution in [0.4, 0.5) is 0 Å². The Morgan fingerprint density at radius 1 is 1.47 bits per heavy atom. The Kier molecular flexibility index (Phi) is 4.82. The van der Waals surface area contributed by atoms with Crippen molar-refractivity contribution in [3.05, 3.63) is 12.4 Å². The third kappa shape index (κ3) is 3.28. The first-order valence-electron chi connectivity index (χ1n) is 7.21. The van der Waals surface area contributed by atoms with Gasteiger partial charge in [-0.25, -0.2) is 0 Å². The molecule has 1 aromatic rings. The lowest BCUT2D eigenvalue weighted by Crippen LogP contribution is -2.61. The van der Waals surface area contributed by atoms with E-state index in [-0.39, 0.29) is 12.2 Å². The average molecular weight is 267 g/mol. The summed E-state index contributed by atoms with van der Waals surface area (Å²) < 4.78 is 13.7. The van der Waals surface area contributed by atoms with Gasteiger partial charge in [0.05, 0.1) is 12.4 Å². The summed E-state index contributed by atoms with van der Waals surface area (Å²) in [7, 11) is 0. The van der Waals surface area contributed by atoms with E-state index in [1.54, 1.807) is 6.20 Å². The number of aromatic nitrogens is 2. The van der Waals surface area contributed by atoms with Gasteiger partial charge in [0, 0.05) is 25.1 Å². The maximum absolute atomic E-state index is 5.97. The summed E-state index contributed by atoms with van der Waals surface area (Å²) in [6, 6.07) is 0.769. The maximum atomic E-state index is 5.97. The van der Waals surface area contributed by atoms with Crippen LogP contribution in [0, 0.1) is 0 Å². The molecule has 0 bridgehead atoms. The van der Waals surface area contributed by atoms with Crippen LogP contribution in [0.3, 0.4) is 0 Å². The van der Waals surface area contributed by atoms with Crippen LogP contribution >= 0.6 is 0 Å². The predicted octanol–water partition coefficient (Wildman–Crippen LogP) is 2.00. The Labute approximate surface area is 115 Å². The molecule has 0 radical (unpaired) electrons. The van der Waals surface area contributed by atoms with Crippen LogP contribution in [0.2, 0.25) is 0 Å². The number of hydrogen-bond donors (Lipinski definition) is 1. The fourth-order valence-electron chi connectivity index (χ4n) is 2.41. The third-order valence-electron chi connectivity index (χ3n) is 3.47. The first-order chi connectivity index (χ1) is 9.15. The van der Waals surface area contributed by atoms with Crippen molar-refractivity contribution in [2.24, 2.45) is 0 Å². The molecule has 0 saturated heterocycles. The van der Waals surface area contributed by atoms with Gasteiger partial charge in [-0.1, -0.05) is 6.92 Å². The molecule has 108 valence electrons. The van der Waals surface area contributed by atoms with E-state index >= 15 is 0 Å². The first kappa shape index (κ1) is 14.3. The largest absolute Gasteiger partial charge is 0.484 e. The van der Waals surface area contributed by atoms with Crippen molar-refractivity contribution in [3.8, 4) is 5.75 Å². The van der Waals surface area contributed by atoms with Crippen molar-refractivity contribution >= 4 is 0 Å². The smallest absolute Gasteiger partial charge is 0.157 e. The second-order valence-corrected chi connectivity index (χ2v) is 5.23. The van der Waals surface area contributed by atoms with Crippen LogP contribution in [0.5, 0.6) is 5.75 Å². The molecule has 0 amide bonds. The van der Waals surface area contributed by atoms with E-state index in [0.717, 1.165) is 25.3 Å². The molecule has 5 heteroatoms. The molecule has 1 aromatic heterocycles. The van der Waals surface area contributed by atoms with Crippen LogP contribution in [0.15, 0.2) is 12.4 Å². The average Bonchev–Trinajstić information content (AvgIpc) is 2.83. The summed E-state index contributed by atoms with van der Waals surface area (Å²) in [5, 5.41) is 7.72. The Balaban J connectivity index is 1.91. The number of ether oxygens (including phenoxy) is 2. The Morgan fingerprint density at radius 3 is 2.84 bits per heavy atom. The number of hydrogen-bond acceptors (Lipinski definition) is 4. The molecule has 0 aromatic carbocycles. The molecule has 1 heterocycles. The maximum Gasteiger partial charge on any atom is 0.157 e. The van der Waals surface area contributed by atoms with E-state index in [0.29, 0.717) is 12.1 Å². The monoisotopic (exact) mass is 267 g/mol. The second-order valence-electron chi connectivity index (χ2n) is 5.23. The van der Waals surface area contributed by atoms with Gasteiger partial charge in [-0.2, -0.15) is 5.10 Å². The Bertz CT molecular complexity index is 392. The van der Waals surface area contributed by atoms with Gasteiger partial charge in [0.2, 0.25) is 0 Å². The molecule has 1 N–H and O–H groups in total. The van der Waals surface area contributed by atoms with E-state index in [1.807, 2.05) is 17.8 Å². The molecule has 0 spiro atoms. The minimum absolute atomic E-state index is 0.133. The lowest BCUT2D eigenvalue weighted by molar-refractivity contribution is -0.104. The van der Waals surface area contributed by atoms with Gasteiger partial charge >= 0.3 is 0 Å². The third-order valence-corrected chi connectivity index (χ3v) is 3.47. The van der Waals surface area contributed by atoms with Gasteiger partial charge in [0.25, 0.3) is 0 Å². The van der Waals surface area contributed by atoms with E-state index in [1.165, 1.54) is 0 Å². The minimum Gasteiger partial charge on any atom is -0.484 e. The zero-order valence-electron chi connectivity index (χ0n) is 12.3. The summed E-state index contributed by atoms with van der Waals surface area (Å²) in [6.45, 7) is 10.0. The number of nitrogens with zero attached hydrogens (tertiary/aromatic N) is 2. The molecular formula is C14H25N3O2. The van der Waals surface area contributed by atoms with Crippen LogP contribution in [0.25, 0.3) is 0 Å². The van der Waals surface area contributed by atoms with E-state index in [2.05, 4.69) is 31.2 Å². The first-order valence-corrected chi connectivity index (χ1v) is 7.21. The fraction of sp³-hybridized carbons (Fsp3) is 0.786. The highest BCUT2D eigenvalue weighted by molar-refractivity contribution is 5.15. The van der Waals surface area contributed by atoms with Crippen molar-refractivity contribution in [1.29, 1.82) is 0 Å². The molecule has 1 aliphatic carbocycles. The van der Waals surface area contributed by atoms with Gasteiger partial charge in [-0.3, -0.25) is 4.68 Å². The second kappa shape index (κ2) is 6.39. The molecule has 5 nitrogen and oxygen atoms in total. The van der Waals surface area contributed by atoms with Gasteiger partial charge in [-0.15, -0.1) is 0 Å². The summed E-state index contributed by atoms with van der Waals surface area (Å²) in [5.41, 5.74) is 0. The predicted molar refractivity (Wildman–Crippen MR) is 74.5 cm³/mol.